The predicted molar refractivity (Wildman–Crippen MR) is 87.7 cm³/mol. The average molecular weight is 330 g/mol. The second-order valence-corrected chi connectivity index (χ2v) is 6.05. The third kappa shape index (κ3) is 3.53. The molecule has 0 spiro atoms. The zero-order chi connectivity index (χ0) is 16.9. The second-order valence-electron chi connectivity index (χ2n) is 6.05. The number of carbonyl (C=O) groups excluding carboxylic acids is 2. The molecule has 0 saturated carbocycles. The van der Waals surface area contributed by atoms with Crippen molar-refractivity contribution in [3.63, 3.8) is 0 Å². The van der Waals surface area contributed by atoms with E-state index >= 15 is 0 Å². The Kier molecular flexibility index (Phi) is 5.03. The molecule has 2 aromatic rings. The standard InChI is InChI=1S/C18H22N2O4/c1-19-10-4-7-15(19)17(21)20-11-3-2-6-14(20)9-13-24-18(22)16-8-5-12-23-16/h4-5,7-8,10,12,14H,2-3,6,9,11,13H2,1H3. The second kappa shape index (κ2) is 7.38. The van der Waals surface area contributed by atoms with Gasteiger partial charge in [0.2, 0.25) is 5.76 Å². The lowest BCUT2D eigenvalue weighted by Crippen LogP contribution is -2.44. The molecule has 0 aromatic carbocycles. The van der Waals surface area contributed by atoms with Crippen LogP contribution in [0.4, 0.5) is 0 Å². The molecule has 1 amide bonds. The zero-order valence-electron chi connectivity index (χ0n) is 13.8. The van der Waals surface area contributed by atoms with Crippen LogP contribution in [0.1, 0.15) is 46.7 Å². The van der Waals surface area contributed by atoms with Gasteiger partial charge in [0.05, 0.1) is 12.9 Å². The molecular weight excluding hydrogens is 308 g/mol. The average Bonchev–Trinajstić information content (AvgIpc) is 3.26. The number of aryl methyl sites for hydroxylation is 1. The molecule has 1 unspecified atom stereocenters. The van der Waals surface area contributed by atoms with Gasteiger partial charge < -0.3 is 18.6 Å². The van der Waals surface area contributed by atoms with E-state index < -0.39 is 5.97 Å². The summed E-state index contributed by atoms with van der Waals surface area (Å²) >= 11 is 0. The Morgan fingerprint density at radius 2 is 2.17 bits per heavy atom. The van der Waals surface area contributed by atoms with Crippen LogP contribution in [0, 0.1) is 0 Å². The molecule has 0 bridgehead atoms. The molecule has 1 aliphatic heterocycles. The van der Waals surface area contributed by atoms with E-state index in [0.29, 0.717) is 12.1 Å². The summed E-state index contributed by atoms with van der Waals surface area (Å²) in [5.74, 6) is -0.212. The van der Waals surface area contributed by atoms with E-state index in [1.165, 1.54) is 6.26 Å². The number of carbonyl (C=O) groups is 2. The van der Waals surface area contributed by atoms with Gasteiger partial charge >= 0.3 is 5.97 Å². The summed E-state index contributed by atoms with van der Waals surface area (Å²) in [6, 6.07) is 7.04. The first-order valence-electron chi connectivity index (χ1n) is 8.30. The molecule has 6 heteroatoms. The summed E-state index contributed by atoms with van der Waals surface area (Å²) in [6.07, 6.45) is 7.00. The third-order valence-electron chi connectivity index (χ3n) is 4.46. The Labute approximate surface area is 141 Å². The number of amides is 1. The molecule has 0 N–H and O–H groups in total. The van der Waals surface area contributed by atoms with Crippen molar-refractivity contribution in [2.24, 2.45) is 7.05 Å². The lowest BCUT2D eigenvalue weighted by molar-refractivity contribution is 0.0380. The fraction of sp³-hybridized carbons (Fsp3) is 0.444. The number of hydrogen-bond acceptors (Lipinski definition) is 4. The fourth-order valence-corrected chi connectivity index (χ4v) is 3.15. The summed E-state index contributed by atoms with van der Waals surface area (Å²) in [5, 5.41) is 0. The first-order chi connectivity index (χ1) is 11.7. The van der Waals surface area contributed by atoms with Gasteiger partial charge in [-0.1, -0.05) is 0 Å². The van der Waals surface area contributed by atoms with Crippen LogP contribution in [-0.2, 0) is 11.8 Å². The van der Waals surface area contributed by atoms with Crippen molar-refractivity contribution in [2.75, 3.05) is 13.2 Å². The van der Waals surface area contributed by atoms with Gasteiger partial charge in [0.15, 0.2) is 0 Å². The number of rotatable bonds is 5. The Bertz CT molecular complexity index is 690. The number of ether oxygens (including phenoxy) is 1. The largest absolute Gasteiger partial charge is 0.460 e. The number of esters is 1. The van der Waals surface area contributed by atoms with E-state index in [9.17, 15) is 9.59 Å². The van der Waals surface area contributed by atoms with Gasteiger partial charge in [0.25, 0.3) is 5.91 Å². The summed E-state index contributed by atoms with van der Waals surface area (Å²) in [4.78, 5) is 26.5. The quantitative estimate of drug-likeness (QED) is 0.791. The van der Waals surface area contributed by atoms with Gasteiger partial charge in [-0.2, -0.15) is 0 Å². The summed E-state index contributed by atoms with van der Waals surface area (Å²) in [5.41, 5.74) is 0.689. The minimum atomic E-state index is -0.462. The van der Waals surface area contributed by atoms with E-state index in [4.69, 9.17) is 9.15 Å². The smallest absolute Gasteiger partial charge is 0.374 e. The van der Waals surface area contributed by atoms with Gasteiger partial charge in [-0.25, -0.2) is 4.79 Å². The molecule has 3 heterocycles. The monoisotopic (exact) mass is 330 g/mol. The van der Waals surface area contributed by atoms with Crippen molar-refractivity contribution < 1.29 is 18.7 Å². The van der Waals surface area contributed by atoms with Crippen molar-refractivity contribution in [3.8, 4) is 0 Å². The topological polar surface area (TPSA) is 64.7 Å². The van der Waals surface area contributed by atoms with Crippen LogP contribution in [-0.4, -0.2) is 40.5 Å². The van der Waals surface area contributed by atoms with E-state index in [1.54, 1.807) is 12.1 Å². The maximum atomic E-state index is 12.8. The molecule has 1 aliphatic rings. The van der Waals surface area contributed by atoms with Gasteiger partial charge in [-0.05, 0) is 43.5 Å². The highest BCUT2D eigenvalue weighted by atomic mass is 16.5. The van der Waals surface area contributed by atoms with Gasteiger partial charge in [0, 0.05) is 32.3 Å². The van der Waals surface area contributed by atoms with Crippen molar-refractivity contribution in [3.05, 3.63) is 48.2 Å². The maximum absolute atomic E-state index is 12.8. The predicted octanol–water partition coefficient (Wildman–Crippen LogP) is 2.86. The molecule has 128 valence electrons. The lowest BCUT2D eigenvalue weighted by atomic mass is 9.99. The highest BCUT2D eigenvalue weighted by Gasteiger charge is 2.28. The van der Waals surface area contributed by atoms with E-state index in [1.807, 2.05) is 34.8 Å². The van der Waals surface area contributed by atoms with Crippen LogP contribution in [0.5, 0.6) is 0 Å². The van der Waals surface area contributed by atoms with E-state index in [-0.39, 0.29) is 24.3 Å². The van der Waals surface area contributed by atoms with Crippen molar-refractivity contribution in [2.45, 2.75) is 31.7 Å². The third-order valence-corrected chi connectivity index (χ3v) is 4.46. The number of nitrogens with zero attached hydrogens (tertiary/aromatic N) is 2. The number of hydrogen-bond donors (Lipinski definition) is 0. The number of furan rings is 1. The van der Waals surface area contributed by atoms with Crippen molar-refractivity contribution in [1.82, 2.24) is 9.47 Å². The van der Waals surface area contributed by atoms with E-state index in [2.05, 4.69) is 0 Å². The molecule has 3 rings (SSSR count). The van der Waals surface area contributed by atoms with Crippen LogP contribution in [0.2, 0.25) is 0 Å². The Hall–Kier alpha value is -2.50. The molecule has 1 atom stereocenters. The summed E-state index contributed by atoms with van der Waals surface area (Å²) in [7, 11) is 1.87. The first kappa shape index (κ1) is 16.4. The van der Waals surface area contributed by atoms with Crippen LogP contribution in [0.3, 0.4) is 0 Å². The number of aromatic nitrogens is 1. The summed E-state index contributed by atoms with van der Waals surface area (Å²) < 4.78 is 12.1. The Morgan fingerprint density at radius 3 is 2.88 bits per heavy atom. The van der Waals surface area contributed by atoms with Crippen molar-refractivity contribution >= 4 is 11.9 Å². The van der Waals surface area contributed by atoms with Gasteiger partial charge in [-0.15, -0.1) is 0 Å². The molecule has 6 nitrogen and oxygen atoms in total. The zero-order valence-corrected chi connectivity index (χ0v) is 13.8. The van der Waals surface area contributed by atoms with Crippen molar-refractivity contribution in [1.29, 1.82) is 0 Å². The molecule has 24 heavy (non-hydrogen) atoms. The highest BCUT2D eigenvalue weighted by molar-refractivity contribution is 5.93. The first-order valence-corrected chi connectivity index (χ1v) is 8.30. The molecule has 1 saturated heterocycles. The SMILES string of the molecule is Cn1cccc1C(=O)N1CCCCC1CCOC(=O)c1ccco1. The summed E-state index contributed by atoms with van der Waals surface area (Å²) in [6.45, 7) is 1.03. The van der Waals surface area contributed by atoms with Crippen LogP contribution < -0.4 is 0 Å². The normalized spacial score (nSPS) is 17.7. The Morgan fingerprint density at radius 1 is 1.29 bits per heavy atom. The van der Waals surface area contributed by atoms with Crippen LogP contribution >= 0.6 is 0 Å². The van der Waals surface area contributed by atoms with Gasteiger partial charge in [0.1, 0.15) is 5.69 Å². The van der Waals surface area contributed by atoms with Crippen LogP contribution in [0.15, 0.2) is 41.1 Å². The molecule has 2 aromatic heterocycles. The van der Waals surface area contributed by atoms with E-state index in [0.717, 1.165) is 25.8 Å². The highest BCUT2D eigenvalue weighted by Crippen LogP contribution is 2.22. The van der Waals surface area contributed by atoms with Gasteiger partial charge in [-0.3, -0.25) is 4.79 Å². The molecule has 0 radical (unpaired) electrons. The molecular formula is C18H22N2O4. The number of likely N-dealkylation sites (tertiary alicyclic amines) is 1. The molecule has 1 fully saturated rings. The minimum Gasteiger partial charge on any atom is -0.460 e. The molecule has 0 aliphatic carbocycles. The lowest BCUT2D eigenvalue weighted by Gasteiger charge is -2.35. The number of piperidine rings is 1. The minimum absolute atomic E-state index is 0.0459. The maximum Gasteiger partial charge on any atom is 0.374 e. The Balaban J connectivity index is 1.57. The fourth-order valence-electron chi connectivity index (χ4n) is 3.15. The van der Waals surface area contributed by atoms with Crippen LogP contribution in [0.25, 0.3) is 0 Å².